The van der Waals surface area contributed by atoms with Gasteiger partial charge in [-0.25, -0.2) is 0 Å². The fourth-order valence-corrected chi connectivity index (χ4v) is 13.3. The molecular weight excluding hydrogens is 550 g/mol. The lowest BCUT2D eigenvalue weighted by Gasteiger charge is -2.44. The van der Waals surface area contributed by atoms with Crippen molar-refractivity contribution in [3.63, 3.8) is 0 Å². The second-order valence-electron chi connectivity index (χ2n) is 5.96. The van der Waals surface area contributed by atoms with Crippen molar-refractivity contribution in [1.82, 2.24) is 0 Å². The molecule has 30 heavy (non-hydrogen) atoms. The van der Waals surface area contributed by atoms with Crippen molar-refractivity contribution in [1.29, 1.82) is 0 Å². The third kappa shape index (κ3) is 6.25. The van der Waals surface area contributed by atoms with Crippen LogP contribution in [0.15, 0.2) is 0 Å². The highest BCUT2D eigenvalue weighted by Crippen LogP contribution is 2.82. The van der Waals surface area contributed by atoms with Crippen molar-refractivity contribution >= 4 is 45.6 Å². The predicted octanol–water partition coefficient (Wildman–Crippen LogP) is -2.85. The summed E-state index contributed by atoms with van der Waals surface area (Å²) in [5.41, 5.74) is -3.85. The molecule has 0 radical (unpaired) electrons. The van der Waals surface area contributed by atoms with Gasteiger partial charge in [-0.2, -0.15) is 0 Å². The van der Waals surface area contributed by atoms with Gasteiger partial charge < -0.3 is 63.8 Å². The molecule has 0 aromatic carbocycles. The van der Waals surface area contributed by atoms with Gasteiger partial charge in [0.25, 0.3) is 5.08 Å². The maximum Gasteiger partial charge on any atom is 0.369 e. The maximum atomic E-state index is 12.0. The van der Waals surface area contributed by atoms with Gasteiger partial charge in [-0.15, -0.1) is 0 Å². The van der Waals surface area contributed by atoms with Crippen molar-refractivity contribution in [2.75, 3.05) is 6.16 Å². The van der Waals surface area contributed by atoms with Gasteiger partial charge in [0.15, 0.2) is 4.90 Å². The largest absolute Gasteiger partial charge is 0.369 e. The number of rotatable bonds is 10. The summed E-state index contributed by atoms with van der Waals surface area (Å²) in [6.45, 7) is 0. The lowest BCUT2D eigenvalue weighted by molar-refractivity contribution is 0.111. The number of hydrogen-bond acceptors (Lipinski definition) is 7. The Bertz CT molecular complexity index is 884. The van der Waals surface area contributed by atoms with Crippen LogP contribution >= 0.6 is 45.6 Å². The molecule has 13 N–H and O–H groups in total. The first-order chi connectivity index (χ1) is 12.5. The molecule has 0 saturated heterocycles. The summed E-state index contributed by atoms with van der Waals surface area (Å²) in [5, 5.41) is 4.85. The minimum atomic E-state index is -6.95. The third-order valence-corrected chi connectivity index (χ3v) is 15.0. The molecule has 0 heterocycles. The average molecular weight is 568 g/mol. The van der Waals surface area contributed by atoms with E-state index in [0.717, 1.165) is 0 Å². The van der Waals surface area contributed by atoms with Gasteiger partial charge in [-0.3, -0.25) is 27.4 Å². The van der Waals surface area contributed by atoms with Crippen molar-refractivity contribution in [3.8, 4) is 0 Å². The van der Waals surface area contributed by atoms with Crippen LogP contribution in [0.2, 0.25) is 0 Å². The zero-order valence-corrected chi connectivity index (χ0v) is 19.3. The summed E-state index contributed by atoms with van der Waals surface area (Å²) in [6, 6.07) is 0. The van der Waals surface area contributed by atoms with Crippen LogP contribution in [0.1, 0.15) is 6.42 Å². The Morgan fingerprint density at radius 3 is 1.03 bits per heavy atom. The van der Waals surface area contributed by atoms with Gasteiger partial charge in [-0.1, -0.05) is 0 Å². The van der Waals surface area contributed by atoms with E-state index in [9.17, 15) is 61.9 Å². The molecule has 0 aromatic rings. The van der Waals surface area contributed by atoms with E-state index in [0.29, 0.717) is 0 Å². The highest BCUT2D eigenvalue weighted by Gasteiger charge is 2.76. The summed E-state index contributed by atoms with van der Waals surface area (Å²) in [6.07, 6.45) is -5.52. The quantitative estimate of drug-likeness (QED) is 0.118. The van der Waals surface area contributed by atoms with E-state index in [1.165, 1.54) is 0 Å². The number of aliphatic hydroxyl groups is 1. The Morgan fingerprint density at radius 2 is 0.867 bits per heavy atom. The van der Waals surface area contributed by atoms with Crippen LogP contribution in [0.5, 0.6) is 0 Å². The molecule has 0 spiro atoms. The first-order valence-corrected chi connectivity index (χ1v) is 16.5. The minimum absolute atomic E-state index is 2.44. The maximum absolute atomic E-state index is 12.0. The van der Waals surface area contributed by atoms with E-state index in [-0.39, 0.29) is 0 Å². The van der Waals surface area contributed by atoms with Crippen molar-refractivity contribution in [2.24, 2.45) is 0 Å². The Labute approximate surface area is 165 Å². The Balaban J connectivity index is 7.72. The molecule has 0 fully saturated rings. The van der Waals surface area contributed by atoms with E-state index in [2.05, 4.69) is 0 Å². The smallest absolute Gasteiger partial charge is 0.367 e. The molecule has 0 saturated carbocycles. The van der Waals surface area contributed by atoms with Gasteiger partial charge in [-0.05, 0) is 0 Å². The predicted molar refractivity (Wildman–Crippen MR) is 93.2 cm³/mol. The van der Waals surface area contributed by atoms with Gasteiger partial charge >= 0.3 is 45.6 Å². The lowest BCUT2D eigenvalue weighted by Crippen LogP contribution is -2.49. The summed E-state index contributed by atoms with van der Waals surface area (Å²) in [4.78, 5) is 106. The standard InChI is InChI=1S/C5H18O19P6/c6-5(29(19,20)21,30(22,23)24)2-4(27(13,14)15,28(16,17)18)3(26(10,11)12)1-25(7,8)9/h3,6H,1-2H2,(H2,7,8,9)(H2,10,11,12)(H2,13,14,15)(H2,16,17,18)(H2,19,20,21)(H2,22,23,24). The molecule has 0 aromatic heterocycles. The third-order valence-electron chi connectivity index (χ3n) is 3.79. The molecule has 19 nitrogen and oxygen atoms in total. The first kappa shape index (κ1) is 30.9. The molecule has 25 heteroatoms. The summed E-state index contributed by atoms with van der Waals surface area (Å²) in [5.74, 6) is 0. The molecule has 1 atom stereocenters. The van der Waals surface area contributed by atoms with Crippen LogP contribution in [0.3, 0.4) is 0 Å². The molecule has 0 bridgehead atoms. The Morgan fingerprint density at radius 1 is 0.567 bits per heavy atom. The van der Waals surface area contributed by atoms with Crippen LogP contribution < -0.4 is 0 Å². The fourth-order valence-electron chi connectivity index (χ4n) is 2.35. The van der Waals surface area contributed by atoms with E-state index < -0.39 is 73.8 Å². The molecule has 1 unspecified atom stereocenters. The zero-order valence-electron chi connectivity index (χ0n) is 13.9. The lowest BCUT2D eigenvalue weighted by atomic mass is 10.2. The van der Waals surface area contributed by atoms with Crippen LogP contribution in [0, 0.1) is 0 Å². The SMILES string of the molecule is O=P(O)(O)CC(C(CC(O)(P(=O)(O)O)P(=O)(O)O)(P(=O)(O)O)P(=O)(O)O)P(=O)(O)O. The average Bonchev–Trinajstić information content (AvgIpc) is 2.34. The van der Waals surface area contributed by atoms with Gasteiger partial charge in [0.1, 0.15) is 5.66 Å². The summed E-state index contributed by atoms with van der Waals surface area (Å²) < 4.78 is 69.9. The molecular formula is C5H18O19P6. The molecule has 0 aliphatic heterocycles. The van der Waals surface area contributed by atoms with E-state index in [1.807, 2.05) is 0 Å². The van der Waals surface area contributed by atoms with Gasteiger partial charge in [0, 0.05) is 6.42 Å². The second-order valence-corrected chi connectivity index (χ2v) is 17.6. The highest BCUT2D eigenvalue weighted by molar-refractivity contribution is 7.75. The van der Waals surface area contributed by atoms with E-state index in [1.54, 1.807) is 0 Å². The van der Waals surface area contributed by atoms with Gasteiger partial charge in [0.2, 0.25) is 0 Å². The van der Waals surface area contributed by atoms with Crippen LogP contribution in [-0.4, -0.2) is 85.6 Å². The summed E-state index contributed by atoms with van der Waals surface area (Å²) in [7, 11) is -39.7. The van der Waals surface area contributed by atoms with Crippen molar-refractivity contribution in [3.05, 3.63) is 0 Å². The van der Waals surface area contributed by atoms with E-state index >= 15 is 0 Å². The molecule has 0 rings (SSSR count). The Hall–Kier alpha value is 0.860. The van der Waals surface area contributed by atoms with Crippen LogP contribution in [-0.2, 0) is 27.4 Å². The molecule has 0 amide bonds. The molecule has 0 aliphatic rings. The van der Waals surface area contributed by atoms with Gasteiger partial charge in [0.05, 0.1) is 6.16 Å². The van der Waals surface area contributed by atoms with Crippen molar-refractivity contribution in [2.45, 2.75) is 22.1 Å². The zero-order chi connectivity index (χ0) is 25.0. The molecule has 0 aliphatic carbocycles. The second kappa shape index (κ2) is 8.57. The van der Waals surface area contributed by atoms with E-state index in [4.69, 9.17) is 29.4 Å². The van der Waals surface area contributed by atoms with Crippen molar-refractivity contribution < 1.29 is 91.2 Å². The minimum Gasteiger partial charge on any atom is -0.367 e. The highest BCUT2D eigenvalue weighted by atomic mass is 31.2. The monoisotopic (exact) mass is 568 g/mol. The fraction of sp³-hybridized carbons (Fsp3) is 1.00. The summed E-state index contributed by atoms with van der Waals surface area (Å²) >= 11 is 0. The topological polar surface area (TPSA) is 365 Å². The van der Waals surface area contributed by atoms with Crippen LogP contribution in [0.25, 0.3) is 0 Å². The number of hydrogen-bond donors (Lipinski definition) is 13. The normalized spacial score (nSPS) is 17.1. The Kier molecular flexibility index (Phi) is 8.82. The molecule has 182 valence electrons. The van der Waals surface area contributed by atoms with Crippen LogP contribution in [0.4, 0.5) is 0 Å². The first-order valence-electron chi connectivity index (χ1n) is 6.59.